The van der Waals surface area contributed by atoms with Gasteiger partial charge in [-0.15, -0.1) is 0 Å². The summed E-state index contributed by atoms with van der Waals surface area (Å²) in [5.41, 5.74) is 3.48. The minimum atomic E-state index is -3.69. The Kier molecular flexibility index (Phi) is 6.52. The molecule has 0 aromatic heterocycles. The molecule has 1 unspecified atom stereocenters. The average molecular weight is 481 g/mol. The van der Waals surface area contributed by atoms with Gasteiger partial charge in [0.25, 0.3) is 0 Å². The minimum Gasteiger partial charge on any atom is -0.497 e. The van der Waals surface area contributed by atoms with Gasteiger partial charge in [0.15, 0.2) is 9.84 Å². The Morgan fingerprint density at radius 2 is 1.76 bits per heavy atom. The lowest BCUT2D eigenvalue weighted by atomic mass is 9.98. The van der Waals surface area contributed by atoms with Crippen molar-refractivity contribution < 1.29 is 22.3 Å². The number of hydrogen-bond acceptors (Lipinski definition) is 5. The number of carbonyl (C=O) groups is 1. The highest BCUT2D eigenvalue weighted by Gasteiger charge is 2.31. The van der Waals surface area contributed by atoms with Gasteiger partial charge in [0.1, 0.15) is 11.6 Å². The van der Waals surface area contributed by atoms with Crippen LogP contribution in [0.5, 0.6) is 5.75 Å². The van der Waals surface area contributed by atoms with Gasteiger partial charge in [0.05, 0.1) is 29.5 Å². The Morgan fingerprint density at radius 3 is 2.35 bits per heavy atom. The molecule has 0 aliphatic carbocycles. The Balaban J connectivity index is 1.53. The van der Waals surface area contributed by atoms with Gasteiger partial charge < -0.3 is 4.74 Å². The number of hydrazone groups is 1. The highest BCUT2D eigenvalue weighted by molar-refractivity contribution is 7.90. The van der Waals surface area contributed by atoms with Gasteiger partial charge in [-0.2, -0.15) is 5.10 Å². The molecule has 4 rings (SSSR count). The van der Waals surface area contributed by atoms with Crippen molar-refractivity contribution in [3.8, 4) is 5.75 Å². The molecule has 176 valence electrons. The Hall–Kier alpha value is -3.52. The Morgan fingerprint density at radius 1 is 1.09 bits per heavy atom. The molecule has 0 spiro atoms. The van der Waals surface area contributed by atoms with Crippen LogP contribution >= 0.6 is 0 Å². The number of halogens is 1. The lowest BCUT2D eigenvalue weighted by Gasteiger charge is -2.20. The van der Waals surface area contributed by atoms with Crippen molar-refractivity contribution in [2.75, 3.05) is 7.11 Å². The van der Waals surface area contributed by atoms with E-state index in [-0.39, 0.29) is 22.6 Å². The van der Waals surface area contributed by atoms with E-state index in [2.05, 4.69) is 5.10 Å². The number of methoxy groups -OCH3 is 1. The van der Waals surface area contributed by atoms with E-state index in [1.165, 1.54) is 24.1 Å². The first kappa shape index (κ1) is 23.6. The first-order chi connectivity index (χ1) is 16.2. The van der Waals surface area contributed by atoms with Gasteiger partial charge in [0.2, 0.25) is 5.91 Å². The lowest BCUT2D eigenvalue weighted by molar-refractivity contribution is -0.130. The molecule has 0 N–H and O–H groups in total. The molecule has 6 nitrogen and oxygen atoms in total. The molecule has 0 radical (unpaired) electrons. The van der Waals surface area contributed by atoms with Crippen molar-refractivity contribution in [2.24, 2.45) is 5.10 Å². The van der Waals surface area contributed by atoms with E-state index in [0.717, 1.165) is 28.7 Å². The zero-order valence-electron chi connectivity index (χ0n) is 19.2. The monoisotopic (exact) mass is 480 g/mol. The van der Waals surface area contributed by atoms with Crippen LogP contribution in [0.1, 0.15) is 41.6 Å². The fourth-order valence-electron chi connectivity index (χ4n) is 3.92. The molecule has 1 amide bonds. The molecule has 0 fully saturated rings. The molecule has 0 saturated carbocycles. The van der Waals surface area contributed by atoms with Gasteiger partial charge >= 0.3 is 0 Å². The molecule has 1 atom stereocenters. The van der Waals surface area contributed by atoms with E-state index in [9.17, 15) is 17.6 Å². The number of rotatable bonds is 6. The third-order valence-electron chi connectivity index (χ3n) is 5.88. The maximum atomic E-state index is 13.8. The standard InChI is InChI=1S/C26H25FN2O4S/c1-17-4-13-23(14-24(17)27)34(31,32)16-19-5-7-20(8-6-19)25-15-26(29(28-25)18(2)30)21-9-11-22(33-3)12-10-21/h4-14,26H,15-16H2,1-3H3. The number of aryl methyl sites for hydroxylation is 1. The first-order valence-electron chi connectivity index (χ1n) is 10.8. The minimum absolute atomic E-state index is 0.0423. The van der Waals surface area contributed by atoms with Crippen LogP contribution in [-0.4, -0.2) is 32.2 Å². The van der Waals surface area contributed by atoms with Crippen LogP contribution in [0.15, 0.2) is 76.7 Å². The molecule has 34 heavy (non-hydrogen) atoms. The third kappa shape index (κ3) is 4.87. The fraction of sp³-hybridized carbons (Fsp3) is 0.231. The summed E-state index contributed by atoms with van der Waals surface area (Å²) >= 11 is 0. The largest absolute Gasteiger partial charge is 0.497 e. The molecule has 0 bridgehead atoms. The topological polar surface area (TPSA) is 76.0 Å². The number of hydrogen-bond donors (Lipinski definition) is 0. The number of amides is 1. The number of carbonyl (C=O) groups excluding carboxylic acids is 1. The number of sulfone groups is 1. The zero-order chi connectivity index (χ0) is 24.5. The van der Waals surface area contributed by atoms with Gasteiger partial charge in [-0.05, 0) is 53.4 Å². The summed E-state index contributed by atoms with van der Waals surface area (Å²) in [6.45, 7) is 3.06. The van der Waals surface area contributed by atoms with E-state index in [1.807, 2.05) is 24.3 Å². The van der Waals surface area contributed by atoms with E-state index in [4.69, 9.17) is 4.74 Å². The maximum absolute atomic E-state index is 13.8. The van der Waals surface area contributed by atoms with Gasteiger partial charge in [-0.1, -0.05) is 42.5 Å². The van der Waals surface area contributed by atoms with Crippen molar-refractivity contribution in [1.82, 2.24) is 5.01 Å². The van der Waals surface area contributed by atoms with Crippen LogP contribution in [0.2, 0.25) is 0 Å². The predicted octanol–water partition coefficient (Wildman–Crippen LogP) is 4.81. The van der Waals surface area contributed by atoms with E-state index < -0.39 is 15.7 Å². The molecule has 8 heteroatoms. The average Bonchev–Trinajstić information content (AvgIpc) is 3.27. The summed E-state index contributed by atoms with van der Waals surface area (Å²) in [7, 11) is -2.09. The normalized spacial score (nSPS) is 15.8. The second-order valence-corrected chi connectivity index (χ2v) is 10.3. The summed E-state index contributed by atoms with van der Waals surface area (Å²) in [6.07, 6.45) is 0.534. The van der Waals surface area contributed by atoms with Crippen molar-refractivity contribution in [3.63, 3.8) is 0 Å². The van der Waals surface area contributed by atoms with Gasteiger partial charge in [0, 0.05) is 13.3 Å². The molecule has 0 saturated heterocycles. The Bertz CT molecular complexity index is 1350. The van der Waals surface area contributed by atoms with E-state index in [1.54, 1.807) is 38.3 Å². The number of benzene rings is 3. The second kappa shape index (κ2) is 9.38. The third-order valence-corrected chi connectivity index (χ3v) is 7.57. The van der Waals surface area contributed by atoms with Crippen LogP contribution in [0.25, 0.3) is 0 Å². The van der Waals surface area contributed by atoms with Gasteiger partial charge in [-0.25, -0.2) is 17.8 Å². The summed E-state index contributed by atoms with van der Waals surface area (Å²) in [5.74, 6) is -0.215. The molecular formula is C26H25FN2O4S. The smallest absolute Gasteiger partial charge is 0.240 e. The van der Waals surface area contributed by atoms with Crippen LogP contribution in [0.4, 0.5) is 4.39 Å². The molecule has 1 heterocycles. The molecule has 3 aromatic rings. The summed E-state index contributed by atoms with van der Waals surface area (Å²) < 4.78 is 44.5. The molecular weight excluding hydrogens is 455 g/mol. The van der Waals surface area contributed by atoms with Crippen LogP contribution < -0.4 is 4.74 Å². The first-order valence-corrected chi connectivity index (χ1v) is 12.4. The number of ether oxygens (including phenoxy) is 1. The summed E-state index contributed by atoms with van der Waals surface area (Å²) in [4.78, 5) is 12.2. The van der Waals surface area contributed by atoms with Crippen LogP contribution in [0.3, 0.4) is 0 Å². The van der Waals surface area contributed by atoms with Crippen molar-refractivity contribution in [1.29, 1.82) is 0 Å². The van der Waals surface area contributed by atoms with Crippen molar-refractivity contribution >= 4 is 21.5 Å². The zero-order valence-corrected chi connectivity index (χ0v) is 20.0. The van der Waals surface area contributed by atoms with E-state index >= 15 is 0 Å². The molecule has 1 aliphatic rings. The second-order valence-electron chi connectivity index (χ2n) is 8.27. The summed E-state index contributed by atoms with van der Waals surface area (Å²) in [6, 6.07) is 18.3. The van der Waals surface area contributed by atoms with E-state index in [0.29, 0.717) is 17.5 Å². The molecule has 1 aliphatic heterocycles. The van der Waals surface area contributed by atoms with Gasteiger partial charge in [-0.3, -0.25) is 4.79 Å². The Labute approximate surface area is 198 Å². The van der Waals surface area contributed by atoms with Crippen molar-refractivity contribution in [2.45, 2.75) is 37.0 Å². The SMILES string of the molecule is COc1ccc(C2CC(c3ccc(CS(=O)(=O)c4ccc(C)c(F)c4)cc3)=NN2C(C)=O)cc1. The molecule has 3 aromatic carbocycles. The maximum Gasteiger partial charge on any atom is 0.240 e. The summed E-state index contributed by atoms with van der Waals surface area (Å²) in [5, 5.41) is 6.01. The predicted molar refractivity (Wildman–Crippen MR) is 128 cm³/mol. The lowest BCUT2D eigenvalue weighted by Crippen LogP contribution is -2.24. The fourth-order valence-corrected chi connectivity index (χ4v) is 5.28. The quantitative estimate of drug-likeness (QED) is 0.507. The highest BCUT2D eigenvalue weighted by atomic mass is 32.2. The van der Waals surface area contributed by atoms with Crippen LogP contribution in [-0.2, 0) is 20.4 Å². The highest BCUT2D eigenvalue weighted by Crippen LogP contribution is 2.33. The number of nitrogens with zero attached hydrogens (tertiary/aromatic N) is 2. The van der Waals surface area contributed by atoms with Crippen LogP contribution in [0, 0.1) is 12.7 Å². The van der Waals surface area contributed by atoms with Crippen molar-refractivity contribution in [3.05, 3.63) is 94.8 Å².